The maximum atomic E-state index is 10.9. The van der Waals surface area contributed by atoms with Gasteiger partial charge < -0.3 is 43.7 Å². The van der Waals surface area contributed by atoms with Crippen LogP contribution in [0.4, 0.5) is 0 Å². The summed E-state index contributed by atoms with van der Waals surface area (Å²) in [6.45, 7) is 0.908. The summed E-state index contributed by atoms with van der Waals surface area (Å²) in [6, 6.07) is 10.5. The van der Waals surface area contributed by atoms with Crippen molar-refractivity contribution >= 4 is 0 Å². The predicted octanol–water partition coefficient (Wildman–Crippen LogP) is 4.87. The van der Waals surface area contributed by atoms with Gasteiger partial charge in [0, 0.05) is 92.7 Å². The zero-order chi connectivity index (χ0) is 32.5. The van der Waals surface area contributed by atoms with E-state index in [0.717, 1.165) is 0 Å². The van der Waals surface area contributed by atoms with Crippen LogP contribution in [-0.2, 0) is 68.1 Å². The fourth-order valence-corrected chi connectivity index (χ4v) is 5.02. The van der Waals surface area contributed by atoms with E-state index in [-0.39, 0.29) is 56.9 Å². The molecular weight excluding hydrogens is 582 g/mol. The minimum absolute atomic E-state index is 0.0656. The van der Waals surface area contributed by atoms with Crippen molar-refractivity contribution in [3.05, 3.63) is 69.8 Å². The van der Waals surface area contributed by atoms with E-state index in [0.29, 0.717) is 67.5 Å². The van der Waals surface area contributed by atoms with Crippen molar-refractivity contribution in [2.24, 2.45) is 0 Å². The number of benzene rings is 3. The summed E-state index contributed by atoms with van der Waals surface area (Å²) in [5, 5.41) is 32.6. The average molecular weight is 622 g/mol. The van der Waals surface area contributed by atoms with Crippen molar-refractivity contribution in [2.45, 2.75) is 39.6 Å². The molecule has 0 fully saturated rings. The third-order valence-electron chi connectivity index (χ3n) is 7.01. The van der Waals surface area contributed by atoms with E-state index >= 15 is 0 Å². The third kappa shape index (κ3) is 7.74. The summed E-state index contributed by atoms with van der Waals surface area (Å²) in [4.78, 5) is 14.6. The highest BCUT2D eigenvalue weighted by atomic mass is 16.5. The molecule has 3 aromatic carbocycles. The standard InChI is InChI=1S/C33H39N3O9/c1-40-13-22-7-19(8-23(14-41-2)28(22)37)31-34-32(20-9-24(15-42-3)29(38)25(10-20)16-43-4)36-33(35-31)21-11-26(17-44-5)30(39)27(12-21)18-45-6/h7-12,37-39H,13-18H2,1-6H3. The van der Waals surface area contributed by atoms with Crippen LogP contribution in [-0.4, -0.2) is 72.9 Å². The van der Waals surface area contributed by atoms with Crippen LogP contribution in [0.25, 0.3) is 34.2 Å². The first-order chi connectivity index (χ1) is 21.8. The molecule has 12 heteroatoms. The van der Waals surface area contributed by atoms with Gasteiger partial charge in [0.25, 0.3) is 0 Å². The fraction of sp³-hybridized carbons (Fsp3) is 0.364. The first-order valence-corrected chi connectivity index (χ1v) is 14.0. The van der Waals surface area contributed by atoms with Gasteiger partial charge in [0.1, 0.15) is 17.2 Å². The molecule has 0 aliphatic rings. The van der Waals surface area contributed by atoms with E-state index < -0.39 is 0 Å². The van der Waals surface area contributed by atoms with Crippen LogP contribution < -0.4 is 0 Å². The van der Waals surface area contributed by atoms with Crippen LogP contribution in [0.15, 0.2) is 36.4 Å². The Hall–Kier alpha value is -4.17. The van der Waals surface area contributed by atoms with Crippen LogP contribution in [0, 0.1) is 0 Å². The second-order valence-corrected chi connectivity index (χ2v) is 10.3. The van der Waals surface area contributed by atoms with E-state index in [9.17, 15) is 15.3 Å². The second-order valence-electron chi connectivity index (χ2n) is 10.3. The molecule has 0 unspecified atom stereocenters. The lowest BCUT2D eigenvalue weighted by molar-refractivity contribution is 0.174. The number of nitrogens with zero attached hydrogens (tertiary/aromatic N) is 3. The molecular formula is C33H39N3O9. The highest BCUT2D eigenvalue weighted by Gasteiger charge is 2.20. The second kappa shape index (κ2) is 15.7. The van der Waals surface area contributed by atoms with E-state index in [1.165, 1.54) is 0 Å². The van der Waals surface area contributed by atoms with Crippen LogP contribution in [0.1, 0.15) is 33.4 Å². The Morgan fingerprint density at radius 2 is 0.556 bits per heavy atom. The number of rotatable bonds is 15. The van der Waals surface area contributed by atoms with Crippen molar-refractivity contribution in [1.82, 2.24) is 15.0 Å². The summed E-state index contributed by atoms with van der Waals surface area (Å²) >= 11 is 0. The van der Waals surface area contributed by atoms with Gasteiger partial charge in [-0.3, -0.25) is 0 Å². The molecule has 0 spiro atoms. The molecule has 45 heavy (non-hydrogen) atoms. The molecule has 0 saturated carbocycles. The fourth-order valence-electron chi connectivity index (χ4n) is 5.02. The number of aromatic nitrogens is 3. The molecule has 0 bridgehead atoms. The monoisotopic (exact) mass is 621 g/mol. The largest absolute Gasteiger partial charge is 0.507 e. The van der Waals surface area contributed by atoms with Gasteiger partial charge in [0.2, 0.25) is 0 Å². The van der Waals surface area contributed by atoms with Crippen molar-refractivity contribution in [2.75, 3.05) is 42.7 Å². The summed E-state index contributed by atoms with van der Waals surface area (Å²) in [5.74, 6) is 1.14. The van der Waals surface area contributed by atoms with Crippen LogP contribution in [0.2, 0.25) is 0 Å². The minimum Gasteiger partial charge on any atom is -0.507 e. The highest BCUT2D eigenvalue weighted by molar-refractivity contribution is 5.71. The Morgan fingerprint density at radius 3 is 0.711 bits per heavy atom. The molecule has 12 nitrogen and oxygen atoms in total. The quantitative estimate of drug-likeness (QED) is 0.166. The molecule has 0 radical (unpaired) electrons. The molecule has 1 aromatic heterocycles. The zero-order valence-electron chi connectivity index (χ0n) is 26.3. The van der Waals surface area contributed by atoms with Crippen molar-refractivity contribution in [3.63, 3.8) is 0 Å². The van der Waals surface area contributed by atoms with Crippen LogP contribution >= 0.6 is 0 Å². The third-order valence-corrected chi connectivity index (χ3v) is 7.01. The average Bonchev–Trinajstić information content (AvgIpc) is 3.03. The van der Waals surface area contributed by atoms with Gasteiger partial charge in [0.05, 0.1) is 39.6 Å². The number of hydrogen-bond donors (Lipinski definition) is 3. The van der Waals surface area contributed by atoms with E-state index in [1.807, 2.05) is 0 Å². The van der Waals surface area contributed by atoms with E-state index in [4.69, 9.17) is 43.4 Å². The summed E-state index contributed by atoms with van der Waals surface area (Å²) in [6.07, 6.45) is 0. The topological polar surface area (TPSA) is 155 Å². The normalized spacial score (nSPS) is 11.3. The maximum absolute atomic E-state index is 10.9. The highest BCUT2D eigenvalue weighted by Crippen LogP contribution is 2.36. The molecule has 3 N–H and O–H groups in total. The Bertz CT molecular complexity index is 1350. The number of phenols is 3. The first kappa shape index (κ1) is 33.7. The number of aromatic hydroxyl groups is 3. The molecule has 1 heterocycles. The van der Waals surface area contributed by atoms with Gasteiger partial charge in [-0.1, -0.05) is 0 Å². The molecule has 4 aromatic rings. The number of phenolic OH excluding ortho intramolecular Hbond substituents is 3. The molecule has 0 atom stereocenters. The zero-order valence-corrected chi connectivity index (χ0v) is 26.3. The lowest BCUT2D eigenvalue weighted by Crippen LogP contribution is -2.04. The van der Waals surface area contributed by atoms with Gasteiger partial charge in [-0.2, -0.15) is 0 Å². The number of methoxy groups -OCH3 is 6. The predicted molar refractivity (Wildman–Crippen MR) is 165 cm³/mol. The lowest BCUT2D eigenvalue weighted by Gasteiger charge is -2.16. The van der Waals surface area contributed by atoms with Gasteiger partial charge >= 0.3 is 0 Å². The minimum atomic E-state index is 0.0656. The summed E-state index contributed by atoms with van der Waals surface area (Å²) in [5.41, 5.74) is 5.00. The Morgan fingerprint density at radius 1 is 0.378 bits per heavy atom. The number of hydrogen-bond acceptors (Lipinski definition) is 12. The lowest BCUT2D eigenvalue weighted by atomic mass is 10.0. The summed E-state index contributed by atoms with van der Waals surface area (Å²) < 4.78 is 32.0. The van der Waals surface area contributed by atoms with E-state index in [2.05, 4.69) is 0 Å². The van der Waals surface area contributed by atoms with Crippen molar-refractivity contribution < 1.29 is 43.7 Å². The SMILES string of the molecule is COCc1cc(-c2nc(-c3cc(COC)c(O)c(COC)c3)nc(-c3cc(COC)c(O)c(COC)c3)n2)cc(COC)c1O. The maximum Gasteiger partial charge on any atom is 0.164 e. The number of ether oxygens (including phenoxy) is 6. The van der Waals surface area contributed by atoms with Gasteiger partial charge in [-0.25, -0.2) is 15.0 Å². The Balaban J connectivity index is 2.04. The van der Waals surface area contributed by atoms with Crippen LogP contribution in [0.5, 0.6) is 17.2 Å². The van der Waals surface area contributed by atoms with Gasteiger partial charge in [-0.05, 0) is 36.4 Å². The van der Waals surface area contributed by atoms with E-state index in [1.54, 1.807) is 79.1 Å². The first-order valence-electron chi connectivity index (χ1n) is 14.0. The molecule has 240 valence electrons. The molecule has 0 aliphatic heterocycles. The van der Waals surface area contributed by atoms with Crippen molar-refractivity contribution in [1.29, 1.82) is 0 Å². The smallest absolute Gasteiger partial charge is 0.164 e. The van der Waals surface area contributed by atoms with Gasteiger partial charge in [0.15, 0.2) is 17.5 Å². The molecule has 0 amide bonds. The molecule has 4 rings (SSSR count). The van der Waals surface area contributed by atoms with Crippen LogP contribution in [0.3, 0.4) is 0 Å². The van der Waals surface area contributed by atoms with Crippen molar-refractivity contribution in [3.8, 4) is 51.4 Å². The molecule has 0 saturated heterocycles. The van der Waals surface area contributed by atoms with Gasteiger partial charge in [-0.15, -0.1) is 0 Å². The summed E-state index contributed by atoms with van der Waals surface area (Å²) in [7, 11) is 9.26. The Kier molecular flexibility index (Phi) is 11.8. The Labute approximate surface area is 262 Å². The molecule has 0 aliphatic carbocycles.